The van der Waals surface area contributed by atoms with Crippen molar-refractivity contribution < 1.29 is 22.7 Å². The van der Waals surface area contributed by atoms with Gasteiger partial charge < -0.3 is 4.74 Å². The summed E-state index contributed by atoms with van der Waals surface area (Å²) in [5, 5.41) is 7.77. The summed E-state index contributed by atoms with van der Waals surface area (Å²) in [6, 6.07) is 3.40. The molecule has 0 aromatic heterocycles. The average Bonchev–Trinajstić information content (AvgIpc) is 2.25. The normalized spacial score (nSPS) is 10.8. The lowest BCUT2D eigenvalue weighted by Crippen LogP contribution is -2.15. The number of carbonyl (C=O) groups excluding carboxylic acids is 1. The molecule has 0 aliphatic rings. The summed E-state index contributed by atoms with van der Waals surface area (Å²) in [4.78, 5) is 11.2. The van der Waals surface area contributed by atoms with Gasteiger partial charge >= 0.3 is 12.1 Å². The summed E-state index contributed by atoms with van der Waals surface area (Å²) < 4.78 is 42.4. The quantitative estimate of drug-likeness (QED) is 0.732. The highest BCUT2D eigenvalue weighted by molar-refractivity contribution is 6.33. The Kier molecular flexibility index (Phi) is 3.63. The summed E-state index contributed by atoms with van der Waals surface area (Å²) in [5.74, 6) is -1.16. The van der Waals surface area contributed by atoms with Crippen molar-refractivity contribution in [3.8, 4) is 6.07 Å². The van der Waals surface area contributed by atoms with Crippen LogP contribution in [-0.4, -0.2) is 13.1 Å². The monoisotopic (exact) mass is 263 g/mol. The van der Waals surface area contributed by atoms with Gasteiger partial charge in [-0.1, -0.05) is 11.6 Å². The predicted octanol–water partition coefficient (Wildman–Crippen LogP) is 3.02. The van der Waals surface area contributed by atoms with Crippen molar-refractivity contribution in [1.82, 2.24) is 0 Å². The maximum absolute atomic E-state index is 12.7. The fourth-order valence-corrected chi connectivity index (χ4v) is 1.53. The molecule has 0 spiro atoms. The first kappa shape index (κ1) is 13.3. The molecule has 0 N–H and O–H groups in total. The van der Waals surface area contributed by atoms with E-state index >= 15 is 0 Å². The minimum Gasteiger partial charge on any atom is -0.465 e. The van der Waals surface area contributed by atoms with Crippen molar-refractivity contribution in [2.45, 2.75) is 6.18 Å². The van der Waals surface area contributed by atoms with Gasteiger partial charge in [0.05, 0.1) is 28.8 Å². The molecule has 1 aromatic rings. The van der Waals surface area contributed by atoms with E-state index in [0.29, 0.717) is 0 Å². The number of nitrogens with zero attached hydrogens (tertiary/aromatic N) is 1. The van der Waals surface area contributed by atoms with E-state index in [0.717, 1.165) is 19.2 Å². The van der Waals surface area contributed by atoms with Gasteiger partial charge in [0.1, 0.15) is 6.07 Å². The fraction of sp³-hybridized carbons (Fsp3) is 0.200. The molecule has 7 heteroatoms. The zero-order valence-electron chi connectivity index (χ0n) is 8.43. The van der Waals surface area contributed by atoms with Gasteiger partial charge in [-0.3, -0.25) is 0 Å². The first-order valence-corrected chi connectivity index (χ1v) is 4.58. The number of ether oxygens (including phenoxy) is 1. The maximum Gasteiger partial charge on any atom is 0.418 e. The van der Waals surface area contributed by atoms with Crippen LogP contribution in [0.3, 0.4) is 0 Å². The fourth-order valence-electron chi connectivity index (χ4n) is 1.22. The van der Waals surface area contributed by atoms with E-state index in [4.69, 9.17) is 16.9 Å². The number of esters is 1. The Bertz CT molecular complexity index is 505. The molecule has 0 atom stereocenters. The van der Waals surface area contributed by atoms with Gasteiger partial charge in [-0.25, -0.2) is 4.79 Å². The van der Waals surface area contributed by atoms with E-state index in [-0.39, 0.29) is 5.56 Å². The predicted molar refractivity (Wildman–Crippen MR) is 52.5 cm³/mol. The number of halogens is 4. The third-order valence-electron chi connectivity index (χ3n) is 1.95. The van der Waals surface area contributed by atoms with E-state index in [2.05, 4.69) is 4.74 Å². The van der Waals surface area contributed by atoms with Crippen LogP contribution in [-0.2, 0) is 10.9 Å². The SMILES string of the molecule is COC(=O)c1ccc(C#N)c(Cl)c1C(F)(F)F. The van der Waals surface area contributed by atoms with Gasteiger partial charge in [-0.2, -0.15) is 18.4 Å². The summed E-state index contributed by atoms with van der Waals surface area (Å²) in [7, 11) is 0.953. The molecule has 0 unspecified atom stereocenters. The Hall–Kier alpha value is -1.74. The first-order chi connectivity index (χ1) is 7.82. The van der Waals surface area contributed by atoms with Gasteiger partial charge in [0, 0.05) is 0 Å². The Morgan fingerprint density at radius 3 is 2.47 bits per heavy atom. The van der Waals surface area contributed by atoms with Gasteiger partial charge in [0.2, 0.25) is 0 Å². The van der Waals surface area contributed by atoms with E-state index in [9.17, 15) is 18.0 Å². The van der Waals surface area contributed by atoms with Crippen LogP contribution in [0, 0.1) is 11.3 Å². The molecule has 1 aromatic carbocycles. The molecule has 90 valence electrons. The van der Waals surface area contributed by atoms with Crippen LogP contribution < -0.4 is 0 Å². The number of carbonyl (C=O) groups is 1. The zero-order chi connectivity index (χ0) is 13.2. The minimum atomic E-state index is -4.84. The third-order valence-corrected chi connectivity index (χ3v) is 2.34. The smallest absolute Gasteiger partial charge is 0.418 e. The number of hydrogen-bond donors (Lipinski definition) is 0. The molecule has 0 fully saturated rings. The molecule has 1 rings (SSSR count). The van der Waals surface area contributed by atoms with Crippen LogP contribution in [0.25, 0.3) is 0 Å². The van der Waals surface area contributed by atoms with Crippen LogP contribution in [0.4, 0.5) is 13.2 Å². The lowest BCUT2D eigenvalue weighted by molar-refractivity contribution is -0.138. The molecule has 0 bridgehead atoms. The van der Waals surface area contributed by atoms with Crippen molar-refractivity contribution in [3.05, 3.63) is 33.8 Å². The maximum atomic E-state index is 12.7. The van der Waals surface area contributed by atoms with Crippen molar-refractivity contribution in [2.24, 2.45) is 0 Å². The second-order valence-electron chi connectivity index (χ2n) is 2.95. The molecule has 0 amide bonds. The van der Waals surface area contributed by atoms with E-state index in [1.807, 2.05) is 0 Å². The van der Waals surface area contributed by atoms with Crippen molar-refractivity contribution in [1.29, 1.82) is 5.26 Å². The average molecular weight is 264 g/mol. The third kappa shape index (κ3) is 2.50. The number of benzene rings is 1. The number of rotatable bonds is 1. The highest BCUT2D eigenvalue weighted by Crippen LogP contribution is 2.38. The topological polar surface area (TPSA) is 50.1 Å². The molecular weight excluding hydrogens is 259 g/mol. The van der Waals surface area contributed by atoms with Crippen molar-refractivity contribution in [2.75, 3.05) is 7.11 Å². The van der Waals surface area contributed by atoms with E-state index in [1.54, 1.807) is 0 Å². The van der Waals surface area contributed by atoms with E-state index in [1.165, 1.54) is 6.07 Å². The minimum absolute atomic E-state index is 0.355. The highest BCUT2D eigenvalue weighted by atomic mass is 35.5. The zero-order valence-corrected chi connectivity index (χ0v) is 9.19. The molecule has 17 heavy (non-hydrogen) atoms. The summed E-state index contributed by atoms with van der Waals surface area (Å²) >= 11 is 5.45. The van der Waals surface area contributed by atoms with Crippen LogP contribution in [0.2, 0.25) is 5.02 Å². The second-order valence-corrected chi connectivity index (χ2v) is 3.33. The van der Waals surface area contributed by atoms with Crippen LogP contribution in [0.5, 0.6) is 0 Å². The first-order valence-electron chi connectivity index (χ1n) is 4.21. The molecular formula is C10H5ClF3NO2. The Labute approximate surface area is 99.4 Å². The second kappa shape index (κ2) is 4.63. The van der Waals surface area contributed by atoms with Crippen molar-refractivity contribution in [3.63, 3.8) is 0 Å². The molecule has 0 saturated carbocycles. The number of methoxy groups -OCH3 is 1. The molecule has 0 aliphatic carbocycles. The van der Waals surface area contributed by atoms with Crippen LogP contribution in [0.1, 0.15) is 21.5 Å². The number of hydrogen-bond acceptors (Lipinski definition) is 3. The molecule has 0 saturated heterocycles. The van der Waals surface area contributed by atoms with Gasteiger partial charge in [0.15, 0.2) is 0 Å². The van der Waals surface area contributed by atoms with Crippen LogP contribution in [0.15, 0.2) is 12.1 Å². The molecule has 3 nitrogen and oxygen atoms in total. The molecule has 0 heterocycles. The van der Waals surface area contributed by atoms with Gasteiger partial charge in [-0.15, -0.1) is 0 Å². The summed E-state index contributed by atoms with van der Waals surface area (Å²) in [6.07, 6.45) is -4.84. The van der Waals surface area contributed by atoms with Gasteiger partial charge in [0.25, 0.3) is 0 Å². The lowest BCUT2D eigenvalue weighted by Gasteiger charge is -2.13. The number of alkyl halides is 3. The molecule has 0 aliphatic heterocycles. The molecule has 0 radical (unpaired) electrons. The highest BCUT2D eigenvalue weighted by Gasteiger charge is 2.39. The lowest BCUT2D eigenvalue weighted by atomic mass is 10.0. The van der Waals surface area contributed by atoms with Gasteiger partial charge in [-0.05, 0) is 12.1 Å². The summed E-state index contributed by atoms with van der Waals surface area (Å²) in [6.45, 7) is 0. The largest absolute Gasteiger partial charge is 0.465 e. The Morgan fingerprint density at radius 1 is 1.47 bits per heavy atom. The van der Waals surface area contributed by atoms with Crippen LogP contribution >= 0.6 is 11.6 Å². The standard InChI is InChI=1S/C10H5ClF3NO2/c1-17-9(16)6-3-2-5(4-15)8(11)7(6)10(12,13)14/h2-3H,1H3. The van der Waals surface area contributed by atoms with E-state index < -0.39 is 28.3 Å². The Balaban J connectivity index is 3.60. The van der Waals surface area contributed by atoms with Crippen molar-refractivity contribution >= 4 is 17.6 Å². The summed E-state index contributed by atoms with van der Waals surface area (Å²) in [5.41, 5.74) is -2.43. The number of nitriles is 1. The Morgan fingerprint density at radius 2 is 2.06 bits per heavy atom.